The van der Waals surface area contributed by atoms with E-state index in [1.807, 2.05) is 51.1 Å². The quantitative estimate of drug-likeness (QED) is 0.773. The van der Waals surface area contributed by atoms with E-state index in [2.05, 4.69) is 15.1 Å². The molecular weight excluding hydrogens is 318 g/mol. The molecule has 6 heteroatoms. The molecule has 0 radical (unpaired) electrons. The fourth-order valence-electron chi connectivity index (χ4n) is 2.78. The first-order valence-electron chi connectivity index (χ1n) is 8.19. The molecule has 2 aromatic heterocycles. The van der Waals surface area contributed by atoms with E-state index in [-0.39, 0.29) is 0 Å². The number of benzene rings is 1. The largest absolute Gasteiger partial charge is 0.469 e. The number of aliphatic hydroxyl groups is 1. The van der Waals surface area contributed by atoms with Crippen LogP contribution < -0.4 is 4.74 Å². The first kappa shape index (κ1) is 15.8. The van der Waals surface area contributed by atoms with Crippen LogP contribution in [0.25, 0.3) is 22.8 Å². The van der Waals surface area contributed by atoms with Crippen molar-refractivity contribution in [3.8, 4) is 28.7 Å². The Balaban J connectivity index is 1.65. The lowest BCUT2D eigenvalue weighted by Gasteiger charge is -2.36. The van der Waals surface area contributed by atoms with Crippen LogP contribution in [-0.4, -0.2) is 31.9 Å². The number of fused-ring (bicyclic) bond motifs is 1. The zero-order valence-corrected chi connectivity index (χ0v) is 14.4. The van der Waals surface area contributed by atoms with Crippen molar-refractivity contribution in [2.75, 3.05) is 0 Å². The average Bonchev–Trinajstić information content (AvgIpc) is 3.06. The van der Waals surface area contributed by atoms with Gasteiger partial charge in [-0.05, 0) is 26.8 Å². The Bertz CT molecular complexity index is 916. The molecule has 1 aliphatic heterocycles. The molecule has 0 fully saturated rings. The summed E-state index contributed by atoms with van der Waals surface area (Å²) in [6.45, 7) is 5.73. The Morgan fingerprint density at radius 1 is 1.16 bits per heavy atom. The first-order valence-corrected chi connectivity index (χ1v) is 8.19. The molecule has 0 saturated heterocycles. The molecule has 0 amide bonds. The third-order valence-corrected chi connectivity index (χ3v) is 4.48. The van der Waals surface area contributed by atoms with Crippen LogP contribution in [-0.2, 0) is 6.42 Å². The van der Waals surface area contributed by atoms with E-state index >= 15 is 0 Å². The molecule has 0 spiro atoms. The molecule has 1 aromatic carbocycles. The zero-order chi connectivity index (χ0) is 17.6. The first-order chi connectivity index (χ1) is 11.9. The summed E-state index contributed by atoms with van der Waals surface area (Å²) in [5.41, 5.74) is 2.96. The number of hydrogen-bond acceptors (Lipinski definition) is 6. The van der Waals surface area contributed by atoms with E-state index in [9.17, 15) is 5.11 Å². The second-order valence-electron chi connectivity index (χ2n) is 6.90. The molecule has 4 rings (SSSR count). The number of aromatic nitrogens is 3. The molecule has 0 unspecified atom stereocenters. The van der Waals surface area contributed by atoms with Crippen molar-refractivity contribution >= 4 is 0 Å². The van der Waals surface area contributed by atoms with E-state index in [0.717, 1.165) is 11.1 Å². The Labute approximate surface area is 145 Å². The van der Waals surface area contributed by atoms with Gasteiger partial charge >= 0.3 is 0 Å². The Kier molecular flexibility index (Phi) is 3.58. The van der Waals surface area contributed by atoms with Gasteiger partial charge in [-0.2, -0.15) is 4.98 Å². The lowest BCUT2D eigenvalue weighted by Crippen LogP contribution is -2.46. The molecule has 128 valence electrons. The minimum atomic E-state index is -0.648. The fourth-order valence-corrected chi connectivity index (χ4v) is 2.78. The van der Waals surface area contributed by atoms with Crippen LogP contribution in [0.15, 0.2) is 41.1 Å². The normalized spacial score (nSPS) is 18.5. The van der Waals surface area contributed by atoms with Gasteiger partial charge in [0.1, 0.15) is 5.60 Å². The number of nitrogens with zero attached hydrogens (tertiary/aromatic N) is 3. The molecule has 0 saturated carbocycles. The lowest BCUT2D eigenvalue weighted by atomic mass is 9.92. The maximum Gasteiger partial charge on any atom is 0.259 e. The van der Waals surface area contributed by atoms with Gasteiger partial charge in [-0.25, -0.2) is 4.98 Å². The van der Waals surface area contributed by atoms with E-state index < -0.39 is 11.7 Å². The summed E-state index contributed by atoms with van der Waals surface area (Å²) in [6.07, 6.45) is 1.53. The van der Waals surface area contributed by atoms with Gasteiger partial charge in [0, 0.05) is 23.7 Å². The molecule has 3 heterocycles. The second-order valence-corrected chi connectivity index (χ2v) is 6.90. The van der Waals surface area contributed by atoms with E-state index in [0.29, 0.717) is 29.6 Å². The number of ether oxygens (including phenoxy) is 1. The standard InChI is InChI=1S/C19H19N3O3/c1-11-4-6-12(7-5-11)16-21-18(25-22-16)14-8-13-9-15(23)19(2,3)24-17(13)20-10-14/h4-8,10,15,23H,9H2,1-3H3/t15-/m1/s1. The van der Waals surface area contributed by atoms with E-state index in [1.54, 1.807) is 6.20 Å². The average molecular weight is 337 g/mol. The Hall–Kier alpha value is -2.73. The van der Waals surface area contributed by atoms with Gasteiger partial charge in [0.25, 0.3) is 5.89 Å². The minimum absolute atomic E-state index is 0.394. The van der Waals surface area contributed by atoms with Gasteiger partial charge < -0.3 is 14.4 Å². The maximum atomic E-state index is 10.2. The number of aliphatic hydroxyl groups excluding tert-OH is 1. The van der Waals surface area contributed by atoms with Crippen molar-refractivity contribution < 1.29 is 14.4 Å². The van der Waals surface area contributed by atoms with Crippen molar-refractivity contribution in [1.82, 2.24) is 15.1 Å². The lowest BCUT2D eigenvalue weighted by molar-refractivity contribution is -0.0442. The molecule has 1 atom stereocenters. The molecule has 1 N–H and O–H groups in total. The van der Waals surface area contributed by atoms with E-state index in [4.69, 9.17) is 9.26 Å². The van der Waals surface area contributed by atoms with Gasteiger partial charge in [0.05, 0.1) is 11.7 Å². The van der Waals surface area contributed by atoms with Crippen LogP contribution in [0.2, 0.25) is 0 Å². The highest BCUT2D eigenvalue weighted by atomic mass is 16.5. The molecule has 1 aliphatic rings. The molecule has 0 bridgehead atoms. The van der Waals surface area contributed by atoms with Crippen molar-refractivity contribution in [2.24, 2.45) is 0 Å². The van der Waals surface area contributed by atoms with Gasteiger partial charge in [-0.3, -0.25) is 0 Å². The van der Waals surface area contributed by atoms with Crippen molar-refractivity contribution in [3.05, 3.63) is 47.7 Å². The van der Waals surface area contributed by atoms with Gasteiger partial charge in [0.2, 0.25) is 11.7 Å². The van der Waals surface area contributed by atoms with Crippen LogP contribution >= 0.6 is 0 Å². The highest BCUT2D eigenvalue weighted by Crippen LogP contribution is 2.34. The topological polar surface area (TPSA) is 81.3 Å². The summed E-state index contributed by atoms with van der Waals surface area (Å²) in [5.74, 6) is 1.47. The molecular formula is C19H19N3O3. The van der Waals surface area contributed by atoms with Crippen LogP contribution in [0.1, 0.15) is 25.0 Å². The summed E-state index contributed by atoms with van der Waals surface area (Å²) in [4.78, 5) is 8.81. The number of hydrogen-bond donors (Lipinski definition) is 1. The van der Waals surface area contributed by atoms with E-state index in [1.165, 1.54) is 5.56 Å². The third-order valence-electron chi connectivity index (χ3n) is 4.48. The predicted octanol–water partition coefficient (Wildman–Crippen LogP) is 3.18. The summed E-state index contributed by atoms with van der Waals surface area (Å²) in [6, 6.07) is 9.81. The molecule has 6 nitrogen and oxygen atoms in total. The highest BCUT2D eigenvalue weighted by Gasteiger charge is 2.36. The highest BCUT2D eigenvalue weighted by molar-refractivity contribution is 5.60. The third kappa shape index (κ3) is 2.89. The summed E-state index contributed by atoms with van der Waals surface area (Å²) >= 11 is 0. The molecule has 3 aromatic rings. The van der Waals surface area contributed by atoms with Gasteiger partial charge in [0.15, 0.2) is 0 Å². The summed E-state index contributed by atoms with van der Waals surface area (Å²) in [7, 11) is 0. The SMILES string of the molecule is Cc1ccc(-c2noc(-c3cnc4c(c3)C[C@@H](O)C(C)(C)O4)n2)cc1. The Morgan fingerprint density at radius 3 is 2.68 bits per heavy atom. The molecule has 25 heavy (non-hydrogen) atoms. The van der Waals surface area contributed by atoms with Crippen LogP contribution in [0.5, 0.6) is 5.88 Å². The Morgan fingerprint density at radius 2 is 1.92 bits per heavy atom. The van der Waals surface area contributed by atoms with Crippen LogP contribution in [0, 0.1) is 6.92 Å². The maximum absolute atomic E-state index is 10.2. The van der Waals surface area contributed by atoms with Gasteiger partial charge in [-0.15, -0.1) is 0 Å². The van der Waals surface area contributed by atoms with Crippen molar-refractivity contribution in [1.29, 1.82) is 0 Å². The predicted molar refractivity (Wildman–Crippen MR) is 92.1 cm³/mol. The van der Waals surface area contributed by atoms with Crippen LogP contribution in [0.4, 0.5) is 0 Å². The number of pyridine rings is 1. The number of rotatable bonds is 2. The second kappa shape index (κ2) is 5.67. The molecule has 0 aliphatic carbocycles. The minimum Gasteiger partial charge on any atom is -0.469 e. The van der Waals surface area contributed by atoms with Gasteiger partial charge in [-0.1, -0.05) is 35.0 Å². The monoisotopic (exact) mass is 337 g/mol. The smallest absolute Gasteiger partial charge is 0.259 e. The van der Waals surface area contributed by atoms with Crippen molar-refractivity contribution in [3.63, 3.8) is 0 Å². The number of aryl methyl sites for hydroxylation is 1. The summed E-state index contributed by atoms with van der Waals surface area (Å²) in [5, 5.41) is 14.3. The fraction of sp³-hybridized carbons (Fsp3) is 0.316. The zero-order valence-electron chi connectivity index (χ0n) is 14.4. The summed E-state index contributed by atoms with van der Waals surface area (Å²) < 4.78 is 11.2. The van der Waals surface area contributed by atoms with Crippen molar-refractivity contribution in [2.45, 2.75) is 38.9 Å². The van der Waals surface area contributed by atoms with Crippen LogP contribution in [0.3, 0.4) is 0 Å².